The third-order valence-electron chi connectivity index (χ3n) is 6.66. The fourth-order valence-electron chi connectivity index (χ4n) is 4.86. The highest BCUT2D eigenvalue weighted by atomic mass is 32.1. The number of benzene rings is 1. The van der Waals surface area contributed by atoms with Crippen LogP contribution in [0, 0.1) is 11.6 Å². The van der Waals surface area contributed by atoms with Crippen LogP contribution in [0.25, 0.3) is 21.3 Å². The molecule has 0 amide bonds. The summed E-state index contributed by atoms with van der Waals surface area (Å²) in [6.07, 6.45) is 5.92. The number of rotatable bonds is 4. The van der Waals surface area contributed by atoms with Gasteiger partial charge in [0.2, 0.25) is 5.43 Å². The van der Waals surface area contributed by atoms with E-state index in [9.17, 15) is 9.59 Å². The molecule has 1 atom stereocenters. The van der Waals surface area contributed by atoms with E-state index >= 15 is 8.78 Å². The van der Waals surface area contributed by atoms with E-state index in [0.29, 0.717) is 4.88 Å². The third-order valence-corrected chi connectivity index (χ3v) is 7.89. The molecule has 2 N–H and O–H groups in total. The number of hydrogen-bond acceptors (Lipinski definition) is 5. The van der Waals surface area contributed by atoms with Crippen molar-refractivity contribution in [2.45, 2.75) is 51.1 Å². The van der Waals surface area contributed by atoms with Gasteiger partial charge < -0.3 is 15.2 Å². The first-order valence-electron chi connectivity index (χ1n) is 10.9. The van der Waals surface area contributed by atoms with Gasteiger partial charge in [0.1, 0.15) is 0 Å². The van der Waals surface area contributed by atoms with Crippen LogP contribution in [0.1, 0.15) is 65.5 Å². The van der Waals surface area contributed by atoms with Gasteiger partial charge in [-0.1, -0.05) is 0 Å². The van der Waals surface area contributed by atoms with E-state index in [0.717, 1.165) is 42.5 Å². The van der Waals surface area contributed by atoms with Crippen molar-refractivity contribution < 1.29 is 13.6 Å². The molecule has 2 aromatic heterocycles. The van der Waals surface area contributed by atoms with Gasteiger partial charge in [0.05, 0.1) is 27.7 Å². The molecule has 5 rings (SSSR count). The van der Waals surface area contributed by atoms with E-state index < -0.39 is 28.5 Å². The number of nitrogens with zero attached hydrogens (tertiary/aromatic N) is 2. The van der Waals surface area contributed by atoms with E-state index in [-0.39, 0.29) is 34.1 Å². The standard InChI is InChI=1S/C24H25F2N3O2S/c1-11(30)14-10-29(12-7-8-12)23-19(24(14)31)22(27)20(25)18(21(23)26)17-9-13-15(28(2)3)5-4-6-16(13)32-17/h9-10,12,15H,4-8,27H2,1-3H3. The molecule has 3 aromatic rings. The molecule has 1 saturated carbocycles. The molecule has 2 aliphatic carbocycles. The molecule has 168 valence electrons. The Bertz CT molecular complexity index is 1340. The predicted octanol–water partition coefficient (Wildman–Crippen LogP) is 5.07. The summed E-state index contributed by atoms with van der Waals surface area (Å²) in [5.41, 5.74) is 5.82. The van der Waals surface area contributed by atoms with Gasteiger partial charge in [-0.05, 0) is 64.8 Å². The van der Waals surface area contributed by atoms with Gasteiger partial charge in [-0.2, -0.15) is 0 Å². The summed E-state index contributed by atoms with van der Waals surface area (Å²) in [6.45, 7) is 1.27. The van der Waals surface area contributed by atoms with Crippen molar-refractivity contribution in [3.63, 3.8) is 0 Å². The van der Waals surface area contributed by atoms with E-state index in [2.05, 4.69) is 4.90 Å². The fraction of sp³-hybridized carbons (Fsp3) is 0.417. The Morgan fingerprint density at radius 3 is 2.56 bits per heavy atom. The number of hydrogen-bond donors (Lipinski definition) is 1. The number of thiophene rings is 1. The average molecular weight is 458 g/mol. The van der Waals surface area contributed by atoms with Crippen molar-refractivity contribution in [2.75, 3.05) is 19.8 Å². The summed E-state index contributed by atoms with van der Waals surface area (Å²) in [4.78, 5) is 28.7. The molecule has 32 heavy (non-hydrogen) atoms. The van der Waals surface area contributed by atoms with Crippen LogP contribution in [0.5, 0.6) is 0 Å². The molecule has 1 fully saturated rings. The number of carbonyl (C=O) groups is 1. The van der Waals surface area contributed by atoms with Gasteiger partial charge in [0.15, 0.2) is 17.4 Å². The highest BCUT2D eigenvalue weighted by Crippen LogP contribution is 2.46. The Kier molecular flexibility index (Phi) is 4.98. The summed E-state index contributed by atoms with van der Waals surface area (Å²) >= 11 is 1.39. The van der Waals surface area contributed by atoms with Crippen LogP contribution in [0.4, 0.5) is 14.5 Å². The van der Waals surface area contributed by atoms with Crippen LogP contribution >= 0.6 is 11.3 Å². The molecule has 0 saturated heterocycles. The van der Waals surface area contributed by atoms with E-state index in [1.54, 1.807) is 4.57 Å². The molecular weight excluding hydrogens is 432 g/mol. The second kappa shape index (κ2) is 7.49. The summed E-state index contributed by atoms with van der Waals surface area (Å²) < 4.78 is 33.2. The molecule has 0 aliphatic heterocycles. The number of fused-ring (bicyclic) bond motifs is 2. The largest absolute Gasteiger partial charge is 0.396 e. The van der Waals surface area contributed by atoms with E-state index in [4.69, 9.17) is 5.73 Å². The maximum atomic E-state index is 16.0. The number of anilines is 1. The lowest BCUT2D eigenvalue weighted by Gasteiger charge is -2.28. The molecule has 0 radical (unpaired) electrons. The van der Waals surface area contributed by atoms with Crippen LogP contribution < -0.4 is 11.2 Å². The third kappa shape index (κ3) is 3.11. The Balaban J connectivity index is 1.82. The number of ketones is 1. The lowest BCUT2D eigenvalue weighted by molar-refractivity contribution is 0.101. The zero-order chi connectivity index (χ0) is 22.9. The molecule has 2 heterocycles. The highest BCUT2D eigenvalue weighted by Gasteiger charge is 2.33. The SMILES string of the molecule is CC(=O)c1cn(C2CC2)c2c(F)c(-c3cc4c(s3)CCCC4N(C)C)c(F)c(N)c2c1=O. The van der Waals surface area contributed by atoms with Crippen molar-refractivity contribution in [2.24, 2.45) is 0 Å². The maximum Gasteiger partial charge on any atom is 0.202 e. The van der Waals surface area contributed by atoms with Gasteiger partial charge in [-0.15, -0.1) is 11.3 Å². The average Bonchev–Trinajstić information content (AvgIpc) is 3.49. The first-order valence-corrected chi connectivity index (χ1v) is 11.7. The lowest BCUT2D eigenvalue weighted by atomic mass is 9.92. The zero-order valence-corrected chi connectivity index (χ0v) is 19.1. The molecule has 1 unspecified atom stereocenters. The van der Waals surface area contributed by atoms with Crippen LogP contribution in [0.3, 0.4) is 0 Å². The van der Waals surface area contributed by atoms with Crippen LogP contribution in [0.2, 0.25) is 0 Å². The van der Waals surface area contributed by atoms with E-state index in [1.807, 2.05) is 20.2 Å². The predicted molar refractivity (Wildman–Crippen MR) is 123 cm³/mol. The Labute approximate surface area is 188 Å². The smallest absolute Gasteiger partial charge is 0.202 e. The van der Waals surface area contributed by atoms with Crippen molar-refractivity contribution in [3.05, 3.63) is 50.1 Å². The number of halogens is 2. The lowest BCUT2D eigenvalue weighted by Crippen LogP contribution is -2.22. The number of aromatic nitrogens is 1. The van der Waals surface area contributed by atoms with Crippen molar-refractivity contribution in [3.8, 4) is 10.4 Å². The normalized spacial score (nSPS) is 18.4. The minimum Gasteiger partial charge on any atom is -0.396 e. The summed E-state index contributed by atoms with van der Waals surface area (Å²) in [7, 11) is 4.01. The Morgan fingerprint density at radius 2 is 1.94 bits per heavy atom. The number of nitrogens with two attached hydrogens (primary N) is 1. The molecule has 0 spiro atoms. The van der Waals surface area contributed by atoms with Crippen LogP contribution in [-0.4, -0.2) is 29.3 Å². The van der Waals surface area contributed by atoms with Crippen LogP contribution in [0.15, 0.2) is 17.1 Å². The second-order valence-corrected chi connectivity index (χ2v) is 10.2. The maximum absolute atomic E-state index is 16.0. The minimum atomic E-state index is -0.935. The molecule has 2 aliphatic rings. The second-order valence-electron chi connectivity index (χ2n) is 9.07. The first kappa shape index (κ1) is 21.3. The Hall–Kier alpha value is -2.58. The van der Waals surface area contributed by atoms with Crippen molar-refractivity contribution >= 4 is 33.7 Å². The van der Waals surface area contributed by atoms with Crippen molar-refractivity contribution in [1.82, 2.24) is 9.47 Å². The summed E-state index contributed by atoms with van der Waals surface area (Å²) in [5, 5.41) is -0.240. The van der Waals surface area contributed by atoms with Crippen molar-refractivity contribution in [1.29, 1.82) is 0 Å². The summed E-state index contributed by atoms with van der Waals surface area (Å²) in [5.74, 6) is -2.17. The number of carbonyl (C=O) groups excluding carboxylic acids is 1. The topological polar surface area (TPSA) is 68.3 Å². The Morgan fingerprint density at radius 1 is 1.22 bits per heavy atom. The molecule has 8 heteroatoms. The number of nitrogen functional groups attached to an aromatic ring is 1. The van der Waals surface area contributed by atoms with Crippen LogP contribution in [-0.2, 0) is 6.42 Å². The quantitative estimate of drug-likeness (QED) is 0.439. The monoisotopic (exact) mass is 457 g/mol. The van der Waals surface area contributed by atoms with Gasteiger partial charge in [0, 0.05) is 28.0 Å². The fourth-order valence-corrected chi connectivity index (χ4v) is 6.16. The minimum absolute atomic E-state index is 0.00747. The first-order chi connectivity index (χ1) is 15.2. The molecule has 5 nitrogen and oxygen atoms in total. The van der Waals surface area contributed by atoms with Gasteiger partial charge >= 0.3 is 0 Å². The molecule has 0 bridgehead atoms. The summed E-state index contributed by atoms with van der Waals surface area (Å²) in [6, 6.07) is 2.05. The molecular formula is C24H25F2N3O2S. The highest BCUT2D eigenvalue weighted by molar-refractivity contribution is 7.15. The number of pyridine rings is 1. The molecule has 1 aromatic carbocycles. The van der Waals surface area contributed by atoms with E-state index in [1.165, 1.54) is 24.5 Å². The zero-order valence-electron chi connectivity index (χ0n) is 18.3. The number of aryl methyl sites for hydroxylation is 1. The van der Waals surface area contributed by atoms with Gasteiger partial charge in [0.25, 0.3) is 0 Å². The van der Waals surface area contributed by atoms with Gasteiger partial charge in [-0.25, -0.2) is 8.78 Å². The number of Topliss-reactive ketones (excluding diaryl/α,β-unsaturated/α-hetero) is 1. The van der Waals surface area contributed by atoms with Gasteiger partial charge in [-0.3, -0.25) is 9.59 Å².